The van der Waals surface area contributed by atoms with Crippen LogP contribution in [0.3, 0.4) is 0 Å². The molecule has 0 spiro atoms. The van der Waals surface area contributed by atoms with E-state index in [1.54, 1.807) is 24.3 Å². The fraction of sp³-hybridized carbons (Fsp3) is 0.333. The van der Waals surface area contributed by atoms with Gasteiger partial charge in [-0.05, 0) is 61.1 Å². The molecule has 0 radical (unpaired) electrons. The zero-order valence-electron chi connectivity index (χ0n) is 15.1. The minimum absolute atomic E-state index is 0.352. The summed E-state index contributed by atoms with van der Waals surface area (Å²) in [4.78, 5) is 22.8. The monoisotopic (exact) mass is 356 g/mol. The molecule has 0 unspecified atom stereocenters. The first kappa shape index (κ1) is 19.7. The molecular weight excluding hydrogens is 332 g/mol. The van der Waals surface area contributed by atoms with Crippen molar-refractivity contribution in [2.24, 2.45) is 0 Å². The molecule has 0 aliphatic heterocycles. The van der Waals surface area contributed by atoms with Crippen molar-refractivity contribution in [2.45, 2.75) is 31.8 Å². The number of carbonyl (C=O) groups excluding carboxylic acids is 2. The second kappa shape index (κ2) is 9.73. The molecule has 138 valence electrons. The quantitative estimate of drug-likeness (QED) is 0.736. The Bertz CT molecular complexity index is 656. The molecule has 5 nitrogen and oxygen atoms in total. The van der Waals surface area contributed by atoms with Gasteiger partial charge in [-0.3, -0.25) is 0 Å². The third kappa shape index (κ3) is 5.70. The van der Waals surface area contributed by atoms with Crippen LogP contribution < -0.4 is 0 Å². The predicted octanol–water partition coefficient (Wildman–Crippen LogP) is 3.19. The van der Waals surface area contributed by atoms with Crippen LogP contribution in [-0.4, -0.2) is 37.4 Å². The Morgan fingerprint density at radius 3 is 1.42 bits per heavy atom. The molecule has 0 bridgehead atoms. The van der Waals surface area contributed by atoms with E-state index >= 15 is 0 Å². The zero-order chi connectivity index (χ0) is 18.9. The number of carbonyl (C=O) groups is 2. The Morgan fingerprint density at radius 2 is 1.12 bits per heavy atom. The lowest BCUT2D eigenvalue weighted by Gasteiger charge is -2.11. The Labute approximate surface area is 153 Å². The lowest BCUT2D eigenvalue weighted by Crippen LogP contribution is -2.10. The maximum atomic E-state index is 11.4. The highest BCUT2D eigenvalue weighted by atomic mass is 16.5. The standard InChI is InChI=1S/C21H24O5/c1-25-20(23)17-9-3-15(4-10-17)7-13-19(22)14-8-16-5-11-18(12-6-16)21(24)26-2/h3-6,9-12,19,22H,7-8,13-14H2,1-2H3. The van der Waals surface area contributed by atoms with Crippen molar-refractivity contribution in [3.8, 4) is 0 Å². The summed E-state index contributed by atoms with van der Waals surface area (Å²) in [7, 11) is 2.71. The lowest BCUT2D eigenvalue weighted by molar-refractivity contribution is 0.0592. The minimum atomic E-state index is -0.407. The van der Waals surface area contributed by atoms with Crippen molar-refractivity contribution in [3.63, 3.8) is 0 Å². The summed E-state index contributed by atoms with van der Waals surface area (Å²) in [6, 6.07) is 14.4. The summed E-state index contributed by atoms with van der Waals surface area (Å²) in [5, 5.41) is 10.2. The number of aryl methyl sites for hydroxylation is 2. The molecule has 1 N–H and O–H groups in total. The van der Waals surface area contributed by atoms with Crippen molar-refractivity contribution in [3.05, 3.63) is 70.8 Å². The van der Waals surface area contributed by atoms with Crippen LogP contribution in [0, 0.1) is 0 Å². The lowest BCUT2D eigenvalue weighted by atomic mass is 10.00. The van der Waals surface area contributed by atoms with Crippen molar-refractivity contribution in [2.75, 3.05) is 14.2 Å². The van der Waals surface area contributed by atoms with Gasteiger partial charge >= 0.3 is 11.9 Å². The van der Waals surface area contributed by atoms with Gasteiger partial charge in [-0.1, -0.05) is 24.3 Å². The molecule has 0 heterocycles. The summed E-state index contributed by atoms with van der Waals surface area (Å²) in [6.45, 7) is 0. The van der Waals surface area contributed by atoms with Crippen LogP contribution in [0.2, 0.25) is 0 Å². The average Bonchev–Trinajstić information content (AvgIpc) is 2.70. The number of hydrogen-bond donors (Lipinski definition) is 1. The Kier molecular flexibility index (Phi) is 7.36. The van der Waals surface area contributed by atoms with E-state index in [0.717, 1.165) is 24.0 Å². The van der Waals surface area contributed by atoms with Crippen LogP contribution >= 0.6 is 0 Å². The normalized spacial score (nSPS) is 10.6. The largest absolute Gasteiger partial charge is 0.465 e. The molecule has 0 amide bonds. The first-order chi connectivity index (χ1) is 12.5. The molecule has 0 fully saturated rings. The van der Waals surface area contributed by atoms with E-state index in [1.165, 1.54) is 14.2 Å². The number of esters is 2. The molecule has 2 aromatic rings. The summed E-state index contributed by atoms with van der Waals surface area (Å²) in [5.74, 6) is -0.704. The van der Waals surface area contributed by atoms with E-state index in [0.29, 0.717) is 24.0 Å². The highest BCUT2D eigenvalue weighted by Crippen LogP contribution is 2.13. The molecule has 0 saturated heterocycles. The average molecular weight is 356 g/mol. The maximum Gasteiger partial charge on any atom is 0.337 e. The van der Waals surface area contributed by atoms with Gasteiger partial charge in [0.05, 0.1) is 31.5 Å². The van der Waals surface area contributed by atoms with Crippen LogP contribution in [-0.2, 0) is 22.3 Å². The van der Waals surface area contributed by atoms with Gasteiger partial charge in [0.1, 0.15) is 0 Å². The topological polar surface area (TPSA) is 72.8 Å². The molecule has 0 atom stereocenters. The van der Waals surface area contributed by atoms with Crippen molar-refractivity contribution < 1.29 is 24.2 Å². The van der Waals surface area contributed by atoms with Crippen molar-refractivity contribution in [1.29, 1.82) is 0 Å². The molecule has 5 heteroatoms. The SMILES string of the molecule is COC(=O)c1ccc(CCC(O)CCc2ccc(C(=O)OC)cc2)cc1. The molecule has 0 aliphatic carbocycles. The van der Waals surface area contributed by atoms with Gasteiger partial charge in [0, 0.05) is 0 Å². The molecule has 0 aromatic heterocycles. The van der Waals surface area contributed by atoms with E-state index in [9.17, 15) is 14.7 Å². The highest BCUT2D eigenvalue weighted by molar-refractivity contribution is 5.89. The number of aliphatic hydroxyl groups excluding tert-OH is 1. The number of ether oxygens (including phenoxy) is 2. The van der Waals surface area contributed by atoms with Crippen LogP contribution in [0.1, 0.15) is 44.7 Å². The third-order valence-electron chi connectivity index (χ3n) is 4.28. The highest BCUT2D eigenvalue weighted by Gasteiger charge is 2.09. The Hall–Kier alpha value is -2.66. The minimum Gasteiger partial charge on any atom is -0.465 e. The van der Waals surface area contributed by atoms with Crippen LogP contribution in [0.5, 0.6) is 0 Å². The Balaban J connectivity index is 1.77. The number of methoxy groups -OCH3 is 2. The third-order valence-corrected chi connectivity index (χ3v) is 4.28. The molecule has 2 aromatic carbocycles. The zero-order valence-corrected chi connectivity index (χ0v) is 15.1. The van der Waals surface area contributed by atoms with Gasteiger partial charge in [-0.2, -0.15) is 0 Å². The molecule has 26 heavy (non-hydrogen) atoms. The van der Waals surface area contributed by atoms with Gasteiger partial charge in [0.2, 0.25) is 0 Å². The molecular formula is C21H24O5. The molecule has 2 rings (SSSR count). The Morgan fingerprint density at radius 1 is 0.769 bits per heavy atom. The van der Waals surface area contributed by atoms with Gasteiger partial charge < -0.3 is 14.6 Å². The summed E-state index contributed by atoms with van der Waals surface area (Å²) < 4.78 is 9.34. The van der Waals surface area contributed by atoms with Crippen LogP contribution in [0.25, 0.3) is 0 Å². The van der Waals surface area contributed by atoms with E-state index in [4.69, 9.17) is 0 Å². The second-order valence-corrected chi connectivity index (χ2v) is 6.11. The number of rotatable bonds is 8. The van der Waals surface area contributed by atoms with Gasteiger partial charge in [-0.15, -0.1) is 0 Å². The van der Waals surface area contributed by atoms with Gasteiger partial charge in [0.15, 0.2) is 0 Å². The first-order valence-electron chi connectivity index (χ1n) is 8.56. The summed E-state index contributed by atoms with van der Waals surface area (Å²) in [6.07, 6.45) is 2.37. The van der Waals surface area contributed by atoms with Crippen molar-refractivity contribution in [1.82, 2.24) is 0 Å². The van der Waals surface area contributed by atoms with Crippen LogP contribution in [0.15, 0.2) is 48.5 Å². The number of aliphatic hydroxyl groups is 1. The van der Waals surface area contributed by atoms with E-state index in [-0.39, 0.29) is 11.9 Å². The summed E-state index contributed by atoms with van der Waals surface area (Å²) >= 11 is 0. The van der Waals surface area contributed by atoms with E-state index in [1.807, 2.05) is 24.3 Å². The van der Waals surface area contributed by atoms with Crippen LogP contribution in [0.4, 0.5) is 0 Å². The van der Waals surface area contributed by atoms with Gasteiger partial charge in [-0.25, -0.2) is 9.59 Å². The number of hydrogen-bond acceptors (Lipinski definition) is 5. The van der Waals surface area contributed by atoms with Gasteiger partial charge in [0.25, 0.3) is 0 Å². The fourth-order valence-electron chi connectivity index (χ4n) is 2.66. The van der Waals surface area contributed by atoms with Crippen molar-refractivity contribution >= 4 is 11.9 Å². The summed E-state index contributed by atoms with van der Waals surface area (Å²) in [5.41, 5.74) is 3.18. The van der Waals surface area contributed by atoms with E-state index < -0.39 is 6.10 Å². The fourth-order valence-corrected chi connectivity index (χ4v) is 2.66. The maximum absolute atomic E-state index is 11.4. The van der Waals surface area contributed by atoms with E-state index in [2.05, 4.69) is 9.47 Å². The second-order valence-electron chi connectivity index (χ2n) is 6.11. The predicted molar refractivity (Wildman–Crippen MR) is 98.2 cm³/mol. The number of benzene rings is 2. The smallest absolute Gasteiger partial charge is 0.337 e. The molecule has 0 aliphatic rings. The first-order valence-corrected chi connectivity index (χ1v) is 8.56. The molecule has 0 saturated carbocycles.